The molecular formula is C17H27NO4. The van der Waals surface area contributed by atoms with Gasteiger partial charge in [0, 0.05) is 12.8 Å². The van der Waals surface area contributed by atoms with Crippen molar-refractivity contribution in [3.8, 4) is 0 Å². The molecule has 0 spiro atoms. The number of ether oxygens (including phenoxy) is 1. The summed E-state index contributed by atoms with van der Waals surface area (Å²) in [5.41, 5.74) is -0.920. The van der Waals surface area contributed by atoms with Crippen LogP contribution in [-0.2, 0) is 19.1 Å². The van der Waals surface area contributed by atoms with Gasteiger partial charge in [-0.3, -0.25) is 9.59 Å². The molecule has 0 unspecified atom stereocenters. The molecule has 124 valence electrons. The van der Waals surface area contributed by atoms with Gasteiger partial charge in [-0.15, -0.1) is 0 Å². The average Bonchev–Trinajstić information content (AvgIpc) is 2.53. The first kappa shape index (κ1) is 17.0. The molecule has 2 aliphatic carbocycles. The van der Waals surface area contributed by atoms with E-state index in [1.54, 1.807) is 0 Å². The number of nitrogens with one attached hydrogen (secondary N) is 1. The highest BCUT2D eigenvalue weighted by Gasteiger charge is 2.42. The van der Waals surface area contributed by atoms with Crippen molar-refractivity contribution in [3.63, 3.8) is 0 Å². The van der Waals surface area contributed by atoms with Gasteiger partial charge in [0.25, 0.3) is 0 Å². The second-order valence-corrected chi connectivity index (χ2v) is 6.70. The van der Waals surface area contributed by atoms with Crippen molar-refractivity contribution in [1.82, 2.24) is 5.32 Å². The molecule has 2 fully saturated rings. The lowest BCUT2D eigenvalue weighted by Gasteiger charge is -2.35. The topological polar surface area (TPSA) is 72.5 Å². The second kappa shape index (κ2) is 7.75. The van der Waals surface area contributed by atoms with E-state index < -0.39 is 11.5 Å². The SMILES string of the molecule is CC(=O)NC1(C(=O)OCC(=O)C2CCCCC2)CCCCC1. The number of carbonyl (C=O) groups is 3. The van der Waals surface area contributed by atoms with Gasteiger partial charge >= 0.3 is 5.97 Å². The van der Waals surface area contributed by atoms with Gasteiger partial charge < -0.3 is 10.1 Å². The highest BCUT2D eigenvalue weighted by Crippen LogP contribution is 2.30. The summed E-state index contributed by atoms with van der Waals surface area (Å²) in [6, 6.07) is 0. The predicted octanol–water partition coefficient (Wildman–Crippen LogP) is 2.52. The van der Waals surface area contributed by atoms with Crippen LogP contribution in [-0.4, -0.2) is 29.8 Å². The number of esters is 1. The maximum atomic E-state index is 12.5. The van der Waals surface area contributed by atoms with Gasteiger partial charge in [-0.2, -0.15) is 0 Å². The molecule has 0 aromatic carbocycles. The Morgan fingerprint density at radius 2 is 1.59 bits per heavy atom. The molecule has 0 radical (unpaired) electrons. The molecule has 0 aromatic heterocycles. The maximum absolute atomic E-state index is 12.5. The Bertz CT molecular complexity index is 420. The van der Waals surface area contributed by atoms with Crippen molar-refractivity contribution in [2.75, 3.05) is 6.61 Å². The summed E-state index contributed by atoms with van der Waals surface area (Å²) in [5.74, 6) is -0.588. The van der Waals surface area contributed by atoms with E-state index in [2.05, 4.69) is 5.32 Å². The fourth-order valence-electron chi connectivity index (χ4n) is 3.69. The molecule has 2 rings (SSSR count). The van der Waals surface area contributed by atoms with Gasteiger partial charge in [-0.1, -0.05) is 38.5 Å². The Morgan fingerprint density at radius 1 is 1.00 bits per heavy atom. The number of amides is 1. The van der Waals surface area contributed by atoms with Crippen molar-refractivity contribution in [1.29, 1.82) is 0 Å². The lowest BCUT2D eigenvalue weighted by atomic mass is 9.81. The Balaban J connectivity index is 1.90. The van der Waals surface area contributed by atoms with Gasteiger partial charge in [-0.05, 0) is 25.7 Å². The van der Waals surface area contributed by atoms with Crippen LogP contribution in [0.2, 0.25) is 0 Å². The molecule has 2 aliphatic rings. The standard InChI is InChI=1S/C17H27NO4/c1-13(19)18-17(10-6-3-7-11-17)16(21)22-12-15(20)14-8-4-2-5-9-14/h14H,2-12H2,1H3,(H,18,19). The third-order valence-corrected chi connectivity index (χ3v) is 4.92. The van der Waals surface area contributed by atoms with E-state index in [1.807, 2.05) is 0 Å². The summed E-state index contributed by atoms with van der Waals surface area (Å²) in [6.45, 7) is 1.27. The molecule has 5 heteroatoms. The zero-order chi connectivity index (χ0) is 16.0. The number of carbonyl (C=O) groups excluding carboxylic acids is 3. The minimum Gasteiger partial charge on any atom is -0.456 e. The summed E-state index contributed by atoms with van der Waals surface area (Å²) in [5, 5.41) is 2.77. The molecule has 0 saturated heterocycles. The van der Waals surface area contributed by atoms with Crippen molar-refractivity contribution in [2.24, 2.45) is 5.92 Å². The quantitative estimate of drug-likeness (QED) is 0.792. The molecule has 0 aliphatic heterocycles. The van der Waals surface area contributed by atoms with E-state index in [0.717, 1.165) is 44.9 Å². The van der Waals surface area contributed by atoms with Crippen molar-refractivity contribution >= 4 is 17.7 Å². The van der Waals surface area contributed by atoms with Crippen LogP contribution in [0.5, 0.6) is 0 Å². The number of hydrogen-bond acceptors (Lipinski definition) is 4. The maximum Gasteiger partial charge on any atom is 0.332 e. The fraction of sp³-hybridized carbons (Fsp3) is 0.824. The molecule has 0 aromatic rings. The van der Waals surface area contributed by atoms with Crippen LogP contribution in [0.15, 0.2) is 0 Å². The van der Waals surface area contributed by atoms with Crippen LogP contribution in [0.1, 0.15) is 71.1 Å². The molecule has 0 heterocycles. The van der Waals surface area contributed by atoms with Crippen molar-refractivity contribution < 1.29 is 19.1 Å². The highest BCUT2D eigenvalue weighted by molar-refractivity contribution is 5.90. The molecule has 5 nitrogen and oxygen atoms in total. The monoisotopic (exact) mass is 309 g/mol. The smallest absolute Gasteiger partial charge is 0.332 e. The van der Waals surface area contributed by atoms with E-state index >= 15 is 0 Å². The summed E-state index contributed by atoms with van der Waals surface area (Å²) >= 11 is 0. The Kier molecular flexibility index (Phi) is 5.98. The van der Waals surface area contributed by atoms with Crippen LogP contribution in [0, 0.1) is 5.92 Å². The number of rotatable bonds is 5. The molecule has 2 saturated carbocycles. The summed E-state index contributed by atoms with van der Waals surface area (Å²) in [6.07, 6.45) is 9.23. The lowest BCUT2D eigenvalue weighted by molar-refractivity contribution is -0.158. The van der Waals surface area contributed by atoms with Crippen molar-refractivity contribution in [2.45, 2.75) is 76.7 Å². The molecule has 1 N–H and O–H groups in total. The first-order valence-electron chi connectivity index (χ1n) is 8.52. The molecule has 1 amide bonds. The second-order valence-electron chi connectivity index (χ2n) is 6.70. The minimum atomic E-state index is -0.920. The largest absolute Gasteiger partial charge is 0.456 e. The van der Waals surface area contributed by atoms with Gasteiger partial charge in [0.15, 0.2) is 5.78 Å². The third-order valence-electron chi connectivity index (χ3n) is 4.92. The van der Waals surface area contributed by atoms with Crippen LogP contribution < -0.4 is 5.32 Å². The Morgan fingerprint density at radius 3 is 2.18 bits per heavy atom. The van der Waals surface area contributed by atoms with E-state index in [9.17, 15) is 14.4 Å². The van der Waals surface area contributed by atoms with Crippen molar-refractivity contribution in [3.05, 3.63) is 0 Å². The fourth-order valence-corrected chi connectivity index (χ4v) is 3.69. The number of Topliss-reactive ketones (excluding diaryl/α,β-unsaturated/α-hetero) is 1. The molecule has 22 heavy (non-hydrogen) atoms. The van der Waals surface area contributed by atoms with Gasteiger partial charge in [0.1, 0.15) is 12.1 Å². The van der Waals surface area contributed by atoms with Gasteiger partial charge in [-0.25, -0.2) is 4.79 Å². The van der Waals surface area contributed by atoms with E-state index in [-0.39, 0.29) is 24.2 Å². The zero-order valence-corrected chi connectivity index (χ0v) is 13.5. The lowest BCUT2D eigenvalue weighted by Crippen LogP contribution is -2.56. The summed E-state index contributed by atoms with van der Waals surface area (Å²) in [4.78, 5) is 36.0. The summed E-state index contributed by atoms with van der Waals surface area (Å²) < 4.78 is 5.30. The van der Waals surface area contributed by atoms with Crippen LogP contribution >= 0.6 is 0 Å². The van der Waals surface area contributed by atoms with E-state index in [4.69, 9.17) is 4.74 Å². The minimum absolute atomic E-state index is 0.0295. The molecular weight excluding hydrogens is 282 g/mol. The van der Waals surface area contributed by atoms with E-state index in [0.29, 0.717) is 12.8 Å². The highest BCUT2D eigenvalue weighted by atomic mass is 16.5. The van der Waals surface area contributed by atoms with Gasteiger partial charge in [0.2, 0.25) is 5.91 Å². The zero-order valence-electron chi connectivity index (χ0n) is 13.5. The number of hydrogen-bond donors (Lipinski definition) is 1. The molecule has 0 bridgehead atoms. The van der Waals surface area contributed by atoms with Crippen LogP contribution in [0.4, 0.5) is 0 Å². The molecule has 0 atom stereocenters. The summed E-state index contributed by atoms with van der Waals surface area (Å²) in [7, 11) is 0. The third kappa shape index (κ3) is 4.31. The predicted molar refractivity (Wildman–Crippen MR) is 82.2 cm³/mol. The Hall–Kier alpha value is -1.39. The van der Waals surface area contributed by atoms with Gasteiger partial charge in [0.05, 0.1) is 0 Å². The first-order valence-corrected chi connectivity index (χ1v) is 8.52. The average molecular weight is 309 g/mol. The number of ketones is 1. The normalized spacial score (nSPS) is 21.9. The Labute approximate surface area is 132 Å². The first-order chi connectivity index (χ1) is 10.5. The van der Waals surface area contributed by atoms with Crippen LogP contribution in [0.25, 0.3) is 0 Å². The van der Waals surface area contributed by atoms with E-state index in [1.165, 1.54) is 13.3 Å². The van der Waals surface area contributed by atoms with Crippen LogP contribution in [0.3, 0.4) is 0 Å².